The van der Waals surface area contributed by atoms with Crippen LogP contribution in [0.3, 0.4) is 0 Å². The highest BCUT2D eigenvalue weighted by atomic mass is 35.5. The summed E-state index contributed by atoms with van der Waals surface area (Å²) in [6.07, 6.45) is 0.147. The van der Waals surface area contributed by atoms with E-state index < -0.39 is 12.0 Å². The number of hydrogen-bond acceptors (Lipinski definition) is 3. The van der Waals surface area contributed by atoms with Crippen molar-refractivity contribution >= 4 is 30.0 Å². The van der Waals surface area contributed by atoms with Gasteiger partial charge in [-0.15, -0.1) is 12.4 Å². The molecule has 0 radical (unpaired) electrons. The fourth-order valence-corrected chi connectivity index (χ4v) is 1.28. The van der Waals surface area contributed by atoms with Crippen LogP contribution in [0.15, 0.2) is 18.2 Å². The van der Waals surface area contributed by atoms with E-state index in [1.807, 2.05) is 0 Å². The Bertz CT molecular complexity index is 357. The van der Waals surface area contributed by atoms with Gasteiger partial charge in [0.15, 0.2) is 0 Å². The largest absolute Gasteiger partial charge is 0.508 e. The van der Waals surface area contributed by atoms with Gasteiger partial charge >= 0.3 is 5.97 Å². The fourth-order valence-electron chi connectivity index (χ4n) is 1.03. The van der Waals surface area contributed by atoms with Crippen molar-refractivity contribution in [3.63, 3.8) is 0 Å². The summed E-state index contributed by atoms with van der Waals surface area (Å²) in [5.41, 5.74) is 5.95. The van der Waals surface area contributed by atoms with Crippen LogP contribution in [0.25, 0.3) is 0 Å². The third-order valence-corrected chi connectivity index (χ3v) is 2.15. The summed E-state index contributed by atoms with van der Waals surface area (Å²) in [4.78, 5) is 10.5. The lowest BCUT2D eigenvalue weighted by atomic mass is 10.1. The zero-order valence-electron chi connectivity index (χ0n) is 7.68. The summed E-state index contributed by atoms with van der Waals surface area (Å²) in [6.45, 7) is 0. The number of carbonyl (C=O) groups is 1. The minimum Gasteiger partial charge on any atom is -0.508 e. The quantitative estimate of drug-likeness (QED) is 0.759. The molecule has 0 aliphatic carbocycles. The summed E-state index contributed by atoms with van der Waals surface area (Å²) < 4.78 is 0. The Balaban J connectivity index is 0.00000196. The molecule has 1 aromatic rings. The average Bonchev–Trinajstić information content (AvgIpc) is 2.09. The summed E-state index contributed by atoms with van der Waals surface area (Å²) in [7, 11) is 0. The Labute approximate surface area is 98.1 Å². The van der Waals surface area contributed by atoms with Gasteiger partial charge in [-0.2, -0.15) is 0 Å². The lowest BCUT2D eigenvalue weighted by molar-refractivity contribution is -0.138. The minimum absolute atomic E-state index is 0. The molecule has 1 rings (SSSR count). The minimum atomic E-state index is -1.07. The van der Waals surface area contributed by atoms with Gasteiger partial charge in [0.25, 0.3) is 0 Å². The molecule has 84 valence electrons. The van der Waals surface area contributed by atoms with Gasteiger partial charge in [0.2, 0.25) is 0 Å². The van der Waals surface area contributed by atoms with Crippen LogP contribution < -0.4 is 5.73 Å². The molecule has 0 bridgehead atoms. The molecule has 0 heterocycles. The van der Waals surface area contributed by atoms with Gasteiger partial charge < -0.3 is 15.9 Å². The highest BCUT2D eigenvalue weighted by molar-refractivity contribution is 6.31. The number of halogens is 2. The second-order valence-electron chi connectivity index (χ2n) is 2.92. The maximum atomic E-state index is 10.5. The lowest BCUT2D eigenvalue weighted by Gasteiger charge is -2.08. The molecule has 0 aromatic heterocycles. The molecule has 1 atom stereocenters. The van der Waals surface area contributed by atoms with Gasteiger partial charge in [-0.1, -0.05) is 17.7 Å². The Kier molecular flexibility index (Phi) is 5.43. The van der Waals surface area contributed by atoms with Gasteiger partial charge in [0.1, 0.15) is 11.8 Å². The SMILES string of the molecule is Cl.NC(Cc1ccc(O)cc1Cl)C(=O)O. The number of benzene rings is 1. The van der Waals surface area contributed by atoms with Crippen molar-refractivity contribution in [3.8, 4) is 5.75 Å². The first-order valence-corrected chi connectivity index (χ1v) is 4.34. The van der Waals surface area contributed by atoms with Crippen LogP contribution in [-0.4, -0.2) is 22.2 Å². The molecule has 4 N–H and O–H groups in total. The van der Waals surface area contributed by atoms with Gasteiger partial charge in [0, 0.05) is 5.02 Å². The molecular formula is C9H11Cl2NO3. The molecule has 0 saturated carbocycles. The van der Waals surface area contributed by atoms with Crippen molar-refractivity contribution in [2.24, 2.45) is 5.73 Å². The average molecular weight is 252 g/mol. The van der Waals surface area contributed by atoms with E-state index in [0.717, 1.165) is 0 Å². The monoisotopic (exact) mass is 251 g/mol. The molecule has 4 nitrogen and oxygen atoms in total. The molecule has 0 amide bonds. The second-order valence-corrected chi connectivity index (χ2v) is 3.33. The Hall–Kier alpha value is -0.970. The van der Waals surface area contributed by atoms with E-state index >= 15 is 0 Å². The molecule has 0 spiro atoms. The van der Waals surface area contributed by atoms with Crippen LogP contribution >= 0.6 is 24.0 Å². The standard InChI is InChI=1S/C9H10ClNO3.ClH/c10-7-4-6(12)2-1-5(7)3-8(11)9(13)14;/h1-2,4,8,12H,3,11H2,(H,13,14);1H. The van der Waals surface area contributed by atoms with Crippen LogP contribution in [0.2, 0.25) is 5.02 Å². The maximum absolute atomic E-state index is 10.5. The molecule has 15 heavy (non-hydrogen) atoms. The predicted octanol–water partition coefficient (Wildman–Crippen LogP) is 1.42. The number of aliphatic carboxylic acids is 1. The molecule has 0 aliphatic heterocycles. The van der Waals surface area contributed by atoms with E-state index in [9.17, 15) is 4.79 Å². The molecular weight excluding hydrogens is 241 g/mol. The Morgan fingerprint density at radius 1 is 1.53 bits per heavy atom. The zero-order chi connectivity index (χ0) is 10.7. The van der Waals surface area contributed by atoms with E-state index in [0.29, 0.717) is 10.6 Å². The first-order valence-electron chi connectivity index (χ1n) is 3.96. The van der Waals surface area contributed by atoms with E-state index in [2.05, 4.69) is 0 Å². The van der Waals surface area contributed by atoms with E-state index in [1.165, 1.54) is 12.1 Å². The second kappa shape index (κ2) is 5.80. The van der Waals surface area contributed by atoms with Crippen LogP contribution in [0.5, 0.6) is 5.75 Å². The van der Waals surface area contributed by atoms with Gasteiger partial charge in [0.05, 0.1) is 0 Å². The summed E-state index contributed by atoms with van der Waals surface area (Å²) in [5.74, 6) is -1.03. The highest BCUT2D eigenvalue weighted by Gasteiger charge is 2.13. The highest BCUT2D eigenvalue weighted by Crippen LogP contribution is 2.22. The molecule has 6 heteroatoms. The van der Waals surface area contributed by atoms with E-state index in [1.54, 1.807) is 6.07 Å². The summed E-state index contributed by atoms with van der Waals surface area (Å²) in [5, 5.41) is 17.9. The number of carboxylic acid groups (broad SMARTS) is 1. The van der Waals surface area contributed by atoms with Crippen molar-refractivity contribution in [1.29, 1.82) is 0 Å². The molecule has 1 unspecified atom stereocenters. The van der Waals surface area contributed by atoms with Crippen LogP contribution in [0.4, 0.5) is 0 Å². The molecule has 0 aliphatic rings. The first-order chi connectivity index (χ1) is 6.50. The smallest absolute Gasteiger partial charge is 0.320 e. The van der Waals surface area contributed by atoms with Gasteiger partial charge in [-0.25, -0.2) is 0 Å². The van der Waals surface area contributed by atoms with Crippen molar-refractivity contribution < 1.29 is 15.0 Å². The topological polar surface area (TPSA) is 83.5 Å². The molecule has 0 saturated heterocycles. The van der Waals surface area contributed by atoms with E-state index in [4.69, 9.17) is 27.5 Å². The predicted molar refractivity (Wildman–Crippen MR) is 59.7 cm³/mol. The maximum Gasteiger partial charge on any atom is 0.320 e. The van der Waals surface area contributed by atoms with Gasteiger partial charge in [-0.05, 0) is 24.1 Å². The Morgan fingerprint density at radius 2 is 2.13 bits per heavy atom. The van der Waals surface area contributed by atoms with E-state index in [-0.39, 0.29) is 24.6 Å². The first kappa shape index (κ1) is 14.0. The number of carboxylic acids is 1. The third-order valence-electron chi connectivity index (χ3n) is 1.79. The molecule has 1 aromatic carbocycles. The number of hydrogen-bond donors (Lipinski definition) is 3. The molecule has 0 fully saturated rings. The number of aromatic hydroxyl groups is 1. The Morgan fingerprint density at radius 3 is 2.60 bits per heavy atom. The number of phenols is 1. The van der Waals surface area contributed by atoms with Crippen LogP contribution in [0, 0.1) is 0 Å². The van der Waals surface area contributed by atoms with Crippen molar-refractivity contribution in [1.82, 2.24) is 0 Å². The number of phenolic OH excluding ortho intramolecular Hbond substituents is 1. The number of nitrogens with two attached hydrogens (primary N) is 1. The van der Waals surface area contributed by atoms with Crippen molar-refractivity contribution in [3.05, 3.63) is 28.8 Å². The van der Waals surface area contributed by atoms with Crippen LogP contribution in [-0.2, 0) is 11.2 Å². The number of rotatable bonds is 3. The third kappa shape index (κ3) is 3.95. The summed E-state index contributed by atoms with van der Waals surface area (Å²) in [6, 6.07) is 3.37. The summed E-state index contributed by atoms with van der Waals surface area (Å²) >= 11 is 5.77. The van der Waals surface area contributed by atoms with Crippen LogP contribution in [0.1, 0.15) is 5.56 Å². The zero-order valence-corrected chi connectivity index (χ0v) is 9.26. The fraction of sp³-hybridized carbons (Fsp3) is 0.222. The van der Waals surface area contributed by atoms with Gasteiger partial charge in [-0.3, -0.25) is 4.79 Å². The van der Waals surface area contributed by atoms with Crippen molar-refractivity contribution in [2.75, 3.05) is 0 Å². The normalized spacial score (nSPS) is 11.6. The van der Waals surface area contributed by atoms with Crippen molar-refractivity contribution in [2.45, 2.75) is 12.5 Å². The lowest BCUT2D eigenvalue weighted by Crippen LogP contribution is -2.32.